The molecule has 4 rings (SSSR count). The van der Waals surface area contributed by atoms with Gasteiger partial charge in [-0.15, -0.1) is 0 Å². The fourth-order valence-corrected chi connectivity index (χ4v) is 3.18. The lowest BCUT2D eigenvalue weighted by Gasteiger charge is -2.28. The van der Waals surface area contributed by atoms with Gasteiger partial charge in [-0.2, -0.15) is 0 Å². The topological polar surface area (TPSA) is 71.9 Å². The monoisotopic (exact) mass is 383 g/mol. The normalized spacial score (nSPS) is 13.8. The average Bonchev–Trinajstić information content (AvgIpc) is 2.59. The molecule has 7 heteroatoms. The van der Waals surface area contributed by atoms with Gasteiger partial charge in [-0.3, -0.25) is 9.78 Å². The zero-order chi connectivity index (χ0) is 16.7. The molecule has 0 bridgehead atoms. The minimum absolute atomic E-state index is 0.0967. The predicted octanol–water partition coefficient (Wildman–Crippen LogP) is 2.69. The first-order valence-corrected chi connectivity index (χ1v) is 8.41. The van der Waals surface area contributed by atoms with Crippen molar-refractivity contribution in [2.24, 2.45) is 0 Å². The molecule has 24 heavy (non-hydrogen) atoms. The number of nitrogens with zero attached hydrogens (tertiary/aromatic N) is 5. The second-order valence-corrected chi connectivity index (χ2v) is 6.73. The van der Waals surface area contributed by atoms with Gasteiger partial charge in [-0.05, 0) is 40.5 Å². The van der Waals surface area contributed by atoms with E-state index in [9.17, 15) is 4.79 Å². The molecule has 0 atom stereocenters. The molecule has 4 heterocycles. The van der Waals surface area contributed by atoms with Gasteiger partial charge in [0.1, 0.15) is 5.69 Å². The van der Waals surface area contributed by atoms with Gasteiger partial charge < -0.3 is 4.90 Å². The maximum absolute atomic E-state index is 12.6. The molecule has 3 aromatic heterocycles. The van der Waals surface area contributed by atoms with Crippen molar-refractivity contribution in [3.05, 3.63) is 57.8 Å². The van der Waals surface area contributed by atoms with E-state index >= 15 is 0 Å². The number of carbonyl (C=O) groups is 1. The summed E-state index contributed by atoms with van der Waals surface area (Å²) in [7, 11) is 0. The molecule has 0 saturated carbocycles. The fourth-order valence-electron chi connectivity index (χ4n) is 2.84. The van der Waals surface area contributed by atoms with Gasteiger partial charge in [0.05, 0.1) is 11.9 Å². The maximum Gasteiger partial charge on any atom is 0.274 e. The van der Waals surface area contributed by atoms with Crippen LogP contribution in [-0.4, -0.2) is 37.3 Å². The Hall–Kier alpha value is -2.41. The van der Waals surface area contributed by atoms with Gasteiger partial charge in [-0.25, -0.2) is 15.0 Å². The smallest absolute Gasteiger partial charge is 0.274 e. The van der Waals surface area contributed by atoms with Crippen LogP contribution in [-0.2, 0) is 13.0 Å². The molecule has 0 spiro atoms. The summed E-state index contributed by atoms with van der Waals surface area (Å²) in [6.45, 7) is 3.00. The van der Waals surface area contributed by atoms with Gasteiger partial charge in [0.15, 0.2) is 5.65 Å². The van der Waals surface area contributed by atoms with Gasteiger partial charge in [0, 0.05) is 47.5 Å². The molecular weight excluding hydrogens is 370 g/mol. The van der Waals surface area contributed by atoms with Crippen LogP contribution in [0.2, 0.25) is 0 Å². The third kappa shape index (κ3) is 2.75. The molecule has 1 aliphatic heterocycles. The molecule has 0 saturated heterocycles. The van der Waals surface area contributed by atoms with Crippen LogP contribution in [0.25, 0.3) is 11.0 Å². The lowest BCUT2D eigenvalue weighted by molar-refractivity contribution is 0.0727. The highest BCUT2D eigenvalue weighted by Gasteiger charge is 2.24. The number of halogens is 1. The molecule has 0 N–H and O–H groups in total. The lowest BCUT2D eigenvalue weighted by Crippen LogP contribution is -2.36. The van der Waals surface area contributed by atoms with Crippen LogP contribution in [0, 0.1) is 6.92 Å². The van der Waals surface area contributed by atoms with E-state index in [0.29, 0.717) is 25.2 Å². The van der Waals surface area contributed by atoms with Crippen molar-refractivity contribution < 1.29 is 4.79 Å². The summed E-state index contributed by atoms with van der Waals surface area (Å²) in [5.41, 5.74) is 3.98. The third-order valence-electron chi connectivity index (χ3n) is 4.07. The number of rotatable bonds is 1. The Morgan fingerprint density at radius 1 is 1.17 bits per heavy atom. The maximum atomic E-state index is 12.6. The molecule has 0 aromatic carbocycles. The molecule has 0 aliphatic carbocycles. The van der Waals surface area contributed by atoms with Crippen LogP contribution in [0.15, 0.2) is 35.2 Å². The second kappa shape index (κ2) is 5.90. The van der Waals surface area contributed by atoms with Crippen molar-refractivity contribution in [2.75, 3.05) is 6.54 Å². The van der Waals surface area contributed by atoms with E-state index in [4.69, 9.17) is 0 Å². The highest BCUT2D eigenvalue weighted by Crippen LogP contribution is 2.24. The number of hydrogen-bond acceptors (Lipinski definition) is 5. The number of amides is 1. The largest absolute Gasteiger partial charge is 0.332 e. The molecule has 0 unspecified atom stereocenters. The Labute approximate surface area is 147 Å². The summed E-state index contributed by atoms with van der Waals surface area (Å²) in [4.78, 5) is 31.7. The molecule has 1 aliphatic rings. The predicted molar refractivity (Wildman–Crippen MR) is 92.5 cm³/mol. The first-order chi connectivity index (χ1) is 11.6. The van der Waals surface area contributed by atoms with E-state index < -0.39 is 0 Å². The van der Waals surface area contributed by atoms with Crippen LogP contribution >= 0.6 is 15.9 Å². The summed E-state index contributed by atoms with van der Waals surface area (Å²) < 4.78 is 0.912. The lowest BCUT2D eigenvalue weighted by atomic mass is 10.0. The van der Waals surface area contributed by atoms with Crippen molar-refractivity contribution in [3.8, 4) is 0 Å². The van der Waals surface area contributed by atoms with E-state index in [1.807, 2.05) is 13.0 Å². The fraction of sp³-hybridized carbons (Fsp3) is 0.235. The van der Waals surface area contributed by atoms with Gasteiger partial charge in [0.25, 0.3) is 5.91 Å². The summed E-state index contributed by atoms with van der Waals surface area (Å²) in [6.07, 6.45) is 5.61. The Balaban J connectivity index is 1.65. The first kappa shape index (κ1) is 15.1. The minimum atomic E-state index is -0.0967. The molecule has 1 amide bonds. The van der Waals surface area contributed by atoms with Crippen LogP contribution in [0.5, 0.6) is 0 Å². The Morgan fingerprint density at radius 3 is 2.83 bits per heavy atom. The van der Waals surface area contributed by atoms with E-state index in [0.717, 1.165) is 32.5 Å². The molecule has 0 fully saturated rings. The van der Waals surface area contributed by atoms with E-state index in [2.05, 4.69) is 41.9 Å². The molecule has 0 radical (unpaired) electrons. The molecule has 3 aromatic rings. The summed E-state index contributed by atoms with van der Waals surface area (Å²) in [5.74, 6) is -0.0967. The van der Waals surface area contributed by atoms with E-state index in [-0.39, 0.29) is 5.91 Å². The zero-order valence-corrected chi connectivity index (χ0v) is 14.6. The van der Waals surface area contributed by atoms with Gasteiger partial charge >= 0.3 is 0 Å². The Morgan fingerprint density at radius 2 is 2.04 bits per heavy atom. The average molecular weight is 384 g/mol. The van der Waals surface area contributed by atoms with Crippen molar-refractivity contribution in [1.29, 1.82) is 0 Å². The SMILES string of the molecule is Cc1cnc(C(=O)N2CCc3nc4ncc(Br)cc4cc3C2)cn1. The number of hydrogen-bond donors (Lipinski definition) is 0. The van der Waals surface area contributed by atoms with E-state index in [1.54, 1.807) is 17.3 Å². The van der Waals surface area contributed by atoms with E-state index in [1.165, 1.54) is 6.20 Å². The summed E-state index contributed by atoms with van der Waals surface area (Å²) >= 11 is 3.43. The van der Waals surface area contributed by atoms with Crippen LogP contribution in [0.1, 0.15) is 27.4 Å². The number of pyridine rings is 2. The van der Waals surface area contributed by atoms with Crippen molar-refractivity contribution in [3.63, 3.8) is 0 Å². The standard InChI is InChI=1S/C17H14BrN5O/c1-10-6-20-15(8-19-10)17(24)23-3-2-14-12(9-23)4-11-5-13(18)7-21-16(11)22-14/h4-8H,2-3,9H2,1H3. The molecule has 120 valence electrons. The number of fused-ring (bicyclic) bond motifs is 2. The third-order valence-corrected chi connectivity index (χ3v) is 4.50. The number of carbonyl (C=O) groups excluding carboxylic acids is 1. The summed E-state index contributed by atoms with van der Waals surface area (Å²) in [5, 5.41) is 0.965. The van der Waals surface area contributed by atoms with Crippen LogP contribution < -0.4 is 0 Å². The Bertz CT molecular complexity index is 942. The van der Waals surface area contributed by atoms with Gasteiger partial charge in [0.2, 0.25) is 0 Å². The van der Waals surface area contributed by atoms with Crippen molar-refractivity contribution in [2.45, 2.75) is 19.9 Å². The first-order valence-electron chi connectivity index (χ1n) is 7.62. The number of aryl methyl sites for hydroxylation is 1. The van der Waals surface area contributed by atoms with Gasteiger partial charge in [-0.1, -0.05) is 0 Å². The molecular formula is C17H14BrN5O. The highest BCUT2D eigenvalue weighted by molar-refractivity contribution is 9.10. The minimum Gasteiger partial charge on any atom is -0.332 e. The quantitative estimate of drug-likeness (QED) is 0.645. The second-order valence-electron chi connectivity index (χ2n) is 5.81. The summed E-state index contributed by atoms with van der Waals surface area (Å²) in [6, 6.07) is 4.05. The number of aromatic nitrogens is 4. The van der Waals surface area contributed by atoms with Crippen molar-refractivity contribution >= 4 is 32.9 Å². The Kier molecular flexibility index (Phi) is 3.72. The zero-order valence-electron chi connectivity index (χ0n) is 13.0. The van der Waals surface area contributed by atoms with Crippen LogP contribution in [0.3, 0.4) is 0 Å². The highest BCUT2D eigenvalue weighted by atomic mass is 79.9. The molecule has 6 nitrogen and oxygen atoms in total. The van der Waals surface area contributed by atoms with Crippen LogP contribution in [0.4, 0.5) is 0 Å². The van der Waals surface area contributed by atoms with Crippen molar-refractivity contribution in [1.82, 2.24) is 24.8 Å².